The van der Waals surface area contributed by atoms with E-state index in [0.717, 1.165) is 38.4 Å². The number of aliphatic imine (C=N–C) groups is 1. The lowest BCUT2D eigenvalue weighted by Gasteiger charge is -2.20. The normalized spacial score (nSPS) is 17.1. The van der Waals surface area contributed by atoms with E-state index in [9.17, 15) is 4.39 Å². The van der Waals surface area contributed by atoms with Crippen molar-refractivity contribution in [2.45, 2.75) is 25.4 Å². The minimum Gasteiger partial charge on any atom is -0.356 e. The first-order valence-corrected chi connectivity index (χ1v) is 10.1. The van der Waals surface area contributed by atoms with Gasteiger partial charge in [-0.25, -0.2) is 9.37 Å². The number of pyridine rings is 1. The molecule has 1 aliphatic rings. The zero-order chi connectivity index (χ0) is 20.1. The van der Waals surface area contributed by atoms with Crippen LogP contribution in [0.25, 0.3) is 10.9 Å². The molecule has 0 aliphatic carbocycles. The molecule has 2 aromatic heterocycles. The maximum absolute atomic E-state index is 14.0. The van der Waals surface area contributed by atoms with Crippen molar-refractivity contribution in [2.75, 3.05) is 31.6 Å². The first-order valence-electron chi connectivity index (χ1n) is 10.1. The van der Waals surface area contributed by atoms with Crippen molar-refractivity contribution in [1.29, 1.82) is 0 Å². The van der Waals surface area contributed by atoms with Crippen molar-refractivity contribution in [3.63, 3.8) is 0 Å². The molecule has 1 saturated heterocycles. The molecule has 0 bridgehead atoms. The molecule has 152 valence electrons. The molecule has 2 N–H and O–H groups in total. The molecule has 1 unspecified atom stereocenters. The highest BCUT2D eigenvalue weighted by Gasteiger charge is 2.25. The van der Waals surface area contributed by atoms with Crippen LogP contribution < -0.4 is 15.5 Å². The van der Waals surface area contributed by atoms with Gasteiger partial charge in [-0.3, -0.25) is 4.99 Å². The second-order valence-corrected chi connectivity index (χ2v) is 7.31. The Morgan fingerprint density at radius 1 is 1.24 bits per heavy atom. The molecule has 0 saturated carbocycles. The van der Waals surface area contributed by atoms with Gasteiger partial charge in [0.1, 0.15) is 0 Å². The summed E-state index contributed by atoms with van der Waals surface area (Å²) in [6.45, 7) is 3.28. The van der Waals surface area contributed by atoms with Gasteiger partial charge in [-0.2, -0.15) is 0 Å². The Hall–Kier alpha value is -3.09. The molecule has 1 atom stereocenters. The molecule has 0 amide bonds. The monoisotopic (exact) mass is 394 g/mol. The number of rotatable bonds is 6. The summed E-state index contributed by atoms with van der Waals surface area (Å²) in [7, 11) is 1.78. The van der Waals surface area contributed by atoms with Crippen LogP contribution in [0.1, 0.15) is 12.8 Å². The average Bonchev–Trinajstić information content (AvgIpc) is 3.38. The van der Waals surface area contributed by atoms with E-state index in [1.807, 2.05) is 4.90 Å². The molecule has 3 aromatic rings. The number of fused-ring (bicyclic) bond motifs is 1. The molecule has 1 fully saturated rings. The topological polar surface area (TPSA) is 57.5 Å². The summed E-state index contributed by atoms with van der Waals surface area (Å²) in [6, 6.07) is 13.9. The van der Waals surface area contributed by atoms with Crippen LogP contribution in [0.5, 0.6) is 0 Å². The molecular formula is C22H27FN6. The van der Waals surface area contributed by atoms with Gasteiger partial charge in [0.2, 0.25) is 0 Å². The van der Waals surface area contributed by atoms with E-state index in [0.29, 0.717) is 12.4 Å². The first-order chi connectivity index (χ1) is 14.2. The third kappa shape index (κ3) is 4.50. The fourth-order valence-electron chi connectivity index (χ4n) is 3.86. The Morgan fingerprint density at radius 3 is 3.00 bits per heavy atom. The number of guanidine groups is 1. The lowest BCUT2D eigenvalue weighted by Crippen LogP contribution is -2.45. The lowest BCUT2D eigenvalue weighted by atomic mass is 10.2. The Bertz CT molecular complexity index is 982. The molecule has 0 radical (unpaired) electrons. The second kappa shape index (κ2) is 8.94. The quantitative estimate of drug-likeness (QED) is 0.383. The van der Waals surface area contributed by atoms with Crippen LogP contribution in [0.3, 0.4) is 0 Å². The van der Waals surface area contributed by atoms with Crippen LogP contribution >= 0.6 is 0 Å². The van der Waals surface area contributed by atoms with Crippen LogP contribution in [0.15, 0.2) is 59.9 Å². The summed E-state index contributed by atoms with van der Waals surface area (Å²) in [5.74, 6) is 0.947. The zero-order valence-corrected chi connectivity index (χ0v) is 16.7. The number of halogens is 1. The predicted octanol–water partition coefficient (Wildman–Crippen LogP) is 3.01. The van der Waals surface area contributed by atoms with Gasteiger partial charge in [0.25, 0.3) is 0 Å². The first kappa shape index (κ1) is 19.2. The van der Waals surface area contributed by atoms with Gasteiger partial charge in [0.05, 0.1) is 0 Å². The van der Waals surface area contributed by atoms with E-state index in [1.54, 1.807) is 19.3 Å². The third-order valence-corrected chi connectivity index (χ3v) is 5.34. The minimum absolute atomic E-state index is 0.219. The Morgan fingerprint density at radius 2 is 2.14 bits per heavy atom. The van der Waals surface area contributed by atoms with Crippen molar-refractivity contribution in [3.8, 4) is 0 Å². The highest BCUT2D eigenvalue weighted by molar-refractivity contribution is 5.80. The fraction of sp³-hybridized carbons (Fsp3) is 0.364. The van der Waals surface area contributed by atoms with E-state index in [2.05, 4.69) is 61.7 Å². The number of hydrogen-bond donors (Lipinski definition) is 2. The molecular weight excluding hydrogens is 367 g/mol. The fourth-order valence-corrected chi connectivity index (χ4v) is 3.86. The Kier molecular flexibility index (Phi) is 5.93. The number of nitrogens with one attached hydrogen (secondary N) is 2. The predicted molar refractivity (Wildman–Crippen MR) is 116 cm³/mol. The smallest absolute Gasteiger partial charge is 0.191 e. The van der Waals surface area contributed by atoms with Crippen molar-refractivity contribution in [2.24, 2.45) is 4.99 Å². The van der Waals surface area contributed by atoms with E-state index < -0.39 is 0 Å². The van der Waals surface area contributed by atoms with Gasteiger partial charge < -0.3 is 20.1 Å². The van der Waals surface area contributed by atoms with Crippen molar-refractivity contribution in [3.05, 3.63) is 60.7 Å². The molecule has 0 spiro atoms. The summed E-state index contributed by atoms with van der Waals surface area (Å²) in [6.07, 6.45) is 5.69. The van der Waals surface area contributed by atoms with Crippen molar-refractivity contribution in [1.82, 2.24) is 20.2 Å². The minimum atomic E-state index is -0.270. The molecule has 7 heteroatoms. The SMILES string of the molecule is CN=C(NCCCn1ccc2ccccc21)NC1CCN(c2ncccc2F)C1. The summed E-state index contributed by atoms with van der Waals surface area (Å²) >= 11 is 0. The lowest BCUT2D eigenvalue weighted by molar-refractivity contribution is 0.608. The number of para-hydroxylation sites is 1. The third-order valence-electron chi connectivity index (χ3n) is 5.34. The van der Waals surface area contributed by atoms with E-state index in [4.69, 9.17) is 0 Å². The van der Waals surface area contributed by atoms with Gasteiger partial charge in [-0.1, -0.05) is 18.2 Å². The standard InChI is InChI=1S/C22H27FN6/c1-24-22(26-12-5-13-28-14-9-17-6-2-3-8-20(17)28)27-18-10-15-29(16-18)21-19(23)7-4-11-25-21/h2-4,6-9,11,14,18H,5,10,12-13,15-16H2,1H3,(H2,24,26,27). The molecule has 1 aliphatic heterocycles. The summed E-state index contributed by atoms with van der Waals surface area (Å²) < 4.78 is 16.2. The summed E-state index contributed by atoms with van der Waals surface area (Å²) in [4.78, 5) is 10.5. The number of anilines is 1. The van der Waals surface area contributed by atoms with E-state index >= 15 is 0 Å². The maximum atomic E-state index is 14.0. The summed E-state index contributed by atoms with van der Waals surface area (Å²) in [5.41, 5.74) is 1.27. The number of aryl methyl sites for hydroxylation is 1. The number of nitrogens with zero attached hydrogens (tertiary/aromatic N) is 4. The maximum Gasteiger partial charge on any atom is 0.191 e. The molecule has 4 rings (SSSR count). The zero-order valence-electron chi connectivity index (χ0n) is 16.7. The highest BCUT2D eigenvalue weighted by Crippen LogP contribution is 2.20. The van der Waals surface area contributed by atoms with Crippen LogP contribution in [0.2, 0.25) is 0 Å². The summed E-state index contributed by atoms with van der Waals surface area (Å²) in [5, 5.41) is 8.11. The highest BCUT2D eigenvalue weighted by atomic mass is 19.1. The van der Waals surface area contributed by atoms with Gasteiger partial charge >= 0.3 is 0 Å². The van der Waals surface area contributed by atoms with Crippen LogP contribution in [0, 0.1) is 5.82 Å². The Balaban J connectivity index is 1.23. The molecule has 3 heterocycles. The number of aromatic nitrogens is 2. The van der Waals surface area contributed by atoms with Crippen LogP contribution in [-0.4, -0.2) is 48.2 Å². The van der Waals surface area contributed by atoms with Crippen LogP contribution in [-0.2, 0) is 6.54 Å². The average molecular weight is 394 g/mol. The van der Waals surface area contributed by atoms with Gasteiger partial charge in [-0.15, -0.1) is 0 Å². The van der Waals surface area contributed by atoms with Crippen molar-refractivity contribution >= 4 is 22.7 Å². The molecule has 1 aromatic carbocycles. The Labute approximate surface area is 170 Å². The number of hydrogen-bond acceptors (Lipinski definition) is 3. The van der Waals surface area contributed by atoms with Gasteiger partial charge in [0, 0.05) is 57.2 Å². The van der Waals surface area contributed by atoms with Crippen LogP contribution in [0.4, 0.5) is 10.2 Å². The van der Waals surface area contributed by atoms with E-state index in [1.165, 1.54) is 17.0 Å². The second-order valence-electron chi connectivity index (χ2n) is 7.31. The van der Waals surface area contributed by atoms with Crippen molar-refractivity contribution < 1.29 is 4.39 Å². The molecule has 29 heavy (non-hydrogen) atoms. The van der Waals surface area contributed by atoms with E-state index in [-0.39, 0.29) is 11.9 Å². The molecule has 6 nitrogen and oxygen atoms in total. The largest absolute Gasteiger partial charge is 0.356 e. The van der Waals surface area contributed by atoms with Gasteiger partial charge in [-0.05, 0) is 42.5 Å². The van der Waals surface area contributed by atoms with Gasteiger partial charge in [0.15, 0.2) is 17.6 Å². The number of benzene rings is 1.